The molecule has 0 aliphatic heterocycles. The zero-order chi connectivity index (χ0) is 8.27. The minimum atomic E-state index is 0.628. The van der Waals surface area contributed by atoms with Crippen LogP contribution in [0.25, 0.3) is 0 Å². The smallest absolute Gasteiger partial charge is 0.0651 e. The van der Waals surface area contributed by atoms with Crippen molar-refractivity contribution in [2.45, 2.75) is 13.3 Å². The molecule has 0 bridgehead atoms. The number of hydrogen-bond acceptors (Lipinski definition) is 2. The summed E-state index contributed by atoms with van der Waals surface area (Å²) >= 11 is 5.95. The van der Waals surface area contributed by atoms with Crippen LogP contribution in [0.4, 0.5) is 0 Å². The molecule has 0 saturated carbocycles. The molecule has 0 atom stereocenters. The fourth-order valence-electron chi connectivity index (χ4n) is 0.950. The molecule has 0 fully saturated rings. The molecule has 0 amide bonds. The van der Waals surface area contributed by atoms with Gasteiger partial charge in [-0.2, -0.15) is 0 Å². The van der Waals surface area contributed by atoms with E-state index in [0.717, 1.165) is 22.7 Å². The zero-order valence-electron chi connectivity index (χ0n) is 6.47. The van der Waals surface area contributed by atoms with Gasteiger partial charge in [-0.3, -0.25) is 4.98 Å². The SMILES string of the molecule is Cc1nccc(CCN)c1Cl. The summed E-state index contributed by atoms with van der Waals surface area (Å²) in [6.45, 7) is 2.52. The molecule has 0 radical (unpaired) electrons. The Kier molecular flexibility index (Phi) is 2.85. The molecule has 0 aromatic carbocycles. The lowest BCUT2D eigenvalue weighted by molar-refractivity contribution is 0.959. The average Bonchev–Trinajstić information content (AvgIpc) is 1.99. The highest BCUT2D eigenvalue weighted by Crippen LogP contribution is 2.17. The number of halogens is 1. The molecular weight excluding hydrogens is 160 g/mol. The standard InChI is InChI=1S/C8H11ClN2/c1-6-8(9)7(2-4-10)3-5-11-6/h3,5H,2,4,10H2,1H3. The maximum atomic E-state index is 5.95. The molecule has 0 aliphatic rings. The lowest BCUT2D eigenvalue weighted by Gasteiger charge is -2.02. The molecule has 11 heavy (non-hydrogen) atoms. The van der Waals surface area contributed by atoms with E-state index in [2.05, 4.69) is 4.98 Å². The van der Waals surface area contributed by atoms with Crippen molar-refractivity contribution < 1.29 is 0 Å². The summed E-state index contributed by atoms with van der Waals surface area (Å²) in [6.07, 6.45) is 2.58. The van der Waals surface area contributed by atoms with Crippen molar-refractivity contribution in [3.05, 3.63) is 28.5 Å². The molecule has 1 aromatic rings. The second-order valence-corrected chi connectivity index (χ2v) is 2.79. The van der Waals surface area contributed by atoms with Crippen LogP contribution in [-0.4, -0.2) is 11.5 Å². The topological polar surface area (TPSA) is 38.9 Å². The molecule has 0 unspecified atom stereocenters. The normalized spacial score (nSPS) is 10.1. The van der Waals surface area contributed by atoms with Gasteiger partial charge < -0.3 is 5.73 Å². The van der Waals surface area contributed by atoms with Gasteiger partial charge in [0.25, 0.3) is 0 Å². The van der Waals surface area contributed by atoms with Crippen LogP contribution in [0.1, 0.15) is 11.3 Å². The average molecular weight is 171 g/mol. The molecule has 2 nitrogen and oxygen atoms in total. The third kappa shape index (κ3) is 1.91. The maximum absolute atomic E-state index is 5.95. The summed E-state index contributed by atoms with van der Waals surface area (Å²) in [6, 6.07) is 1.90. The van der Waals surface area contributed by atoms with Gasteiger partial charge in [-0.25, -0.2) is 0 Å². The minimum Gasteiger partial charge on any atom is -0.330 e. The highest BCUT2D eigenvalue weighted by molar-refractivity contribution is 6.31. The maximum Gasteiger partial charge on any atom is 0.0651 e. The quantitative estimate of drug-likeness (QED) is 0.732. The van der Waals surface area contributed by atoms with Gasteiger partial charge in [0.15, 0.2) is 0 Å². The third-order valence-electron chi connectivity index (χ3n) is 1.56. The first-order valence-corrected chi connectivity index (χ1v) is 3.93. The molecule has 60 valence electrons. The van der Waals surface area contributed by atoms with Gasteiger partial charge in [-0.15, -0.1) is 0 Å². The molecule has 0 spiro atoms. The van der Waals surface area contributed by atoms with Crippen molar-refractivity contribution >= 4 is 11.6 Å². The molecule has 1 rings (SSSR count). The van der Waals surface area contributed by atoms with Gasteiger partial charge in [0, 0.05) is 6.20 Å². The van der Waals surface area contributed by atoms with E-state index in [9.17, 15) is 0 Å². The van der Waals surface area contributed by atoms with E-state index in [-0.39, 0.29) is 0 Å². The predicted molar refractivity (Wildman–Crippen MR) is 46.7 cm³/mol. The van der Waals surface area contributed by atoms with E-state index in [1.54, 1.807) is 6.20 Å². The Hall–Kier alpha value is -0.600. The second-order valence-electron chi connectivity index (χ2n) is 2.41. The Morgan fingerprint density at radius 3 is 3.00 bits per heavy atom. The first-order chi connectivity index (χ1) is 5.25. The van der Waals surface area contributed by atoms with Crippen LogP contribution in [-0.2, 0) is 6.42 Å². The first-order valence-electron chi connectivity index (χ1n) is 3.55. The zero-order valence-corrected chi connectivity index (χ0v) is 7.23. The van der Waals surface area contributed by atoms with Crippen LogP contribution in [0, 0.1) is 6.92 Å². The fourth-order valence-corrected chi connectivity index (χ4v) is 1.16. The van der Waals surface area contributed by atoms with Crippen molar-refractivity contribution in [3.8, 4) is 0 Å². The van der Waals surface area contributed by atoms with Gasteiger partial charge in [0.05, 0.1) is 10.7 Å². The van der Waals surface area contributed by atoms with Crippen LogP contribution in [0.2, 0.25) is 5.02 Å². The van der Waals surface area contributed by atoms with Crippen molar-refractivity contribution in [1.29, 1.82) is 0 Å². The number of nitrogens with zero attached hydrogens (tertiary/aromatic N) is 1. The van der Waals surface area contributed by atoms with Gasteiger partial charge in [0.2, 0.25) is 0 Å². The van der Waals surface area contributed by atoms with Crippen LogP contribution < -0.4 is 5.73 Å². The summed E-state index contributed by atoms with van der Waals surface area (Å²) in [5.41, 5.74) is 7.36. The largest absolute Gasteiger partial charge is 0.330 e. The number of nitrogens with two attached hydrogens (primary N) is 1. The van der Waals surface area contributed by atoms with Gasteiger partial charge in [0.1, 0.15) is 0 Å². The summed E-state index contributed by atoms with van der Waals surface area (Å²) in [5.74, 6) is 0. The van der Waals surface area contributed by atoms with Crippen LogP contribution in [0.3, 0.4) is 0 Å². The summed E-state index contributed by atoms with van der Waals surface area (Å²) in [4.78, 5) is 4.05. The first kappa shape index (κ1) is 8.50. The van der Waals surface area contributed by atoms with Crippen molar-refractivity contribution in [3.63, 3.8) is 0 Å². The Bertz CT molecular complexity index is 248. The van der Waals surface area contributed by atoms with Crippen LogP contribution in [0.5, 0.6) is 0 Å². The van der Waals surface area contributed by atoms with Crippen molar-refractivity contribution in [1.82, 2.24) is 4.98 Å². The fraction of sp³-hybridized carbons (Fsp3) is 0.375. The highest BCUT2D eigenvalue weighted by atomic mass is 35.5. The summed E-state index contributed by atoms with van der Waals surface area (Å²) < 4.78 is 0. The van der Waals surface area contributed by atoms with E-state index >= 15 is 0 Å². The molecular formula is C8H11ClN2. The lowest BCUT2D eigenvalue weighted by atomic mass is 10.2. The summed E-state index contributed by atoms with van der Waals surface area (Å²) in [7, 11) is 0. The Labute approximate surface area is 71.4 Å². The number of pyridine rings is 1. The highest BCUT2D eigenvalue weighted by Gasteiger charge is 2.01. The van der Waals surface area contributed by atoms with Gasteiger partial charge in [-0.1, -0.05) is 11.6 Å². The number of aryl methyl sites for hydroxylation is 1. The Morgan fingerprint density at radius 2 is 2.36 bits per heavy atom. The van der Waals surface area contributed by atoms with Crippen LogP contribution in [0.15, 0.2) is 12.3 Å². The Morgan fingerprint density at radius 1 is 1.64 bits per heavy atom. The van der Waals surface area contributed by atoms with E-state index in [1.165, 1.54) is 0 Å². The Balaban J connectivity index is 2.96. The number of rotatable bonds is 2. The molecule has 1 aromatic heterocycles. The summed E-state index contributed by atoms with van der Waals surface area (Å²) in [5, 5.41) is 0.748. The van der Waals surface area contributed by atoms with E-state index in [1.807, 2.05) is 13.0 Å². The van der Waals surface area contributed by atoms with Crippen molar-refractivity contribution in [2.24, 2.45) is 5.73 Å². The van der Waals surface area contributed by atoms with E-state index in [0.29, 0.717) is 6.54 Å². The van der Waals surface area contributed by atoms with Crippen molar-refractivity contribution in [2.75, 3.05) is 6.54 Å². The van der Waals surface area contributed by atoms with Gasteiger partial charge >= 0.3 is 0 Å². The third-order valence-corrected chi connectivity index (χ3v) is 2.07. The molecule has 1 heterocycles. The predicted octanol–water partition coefficient (Wildman–Crippen LogP) is 1.54. The molecule has 3 heteroatoms. The van der Waals surface area contributed by atoms with Crippen LogP contribution >= 0.6 is 11.6 Å². The van der Waals surface area contributed by atoms with Gasteiger partial charge in [-0.05, 0) is 31.5 Å². The minimum absolute atomic E-state index is 0.628. The number of aromatic nitrogens is 1. The lowest BCUT2D eigenvalue weighted by Crippen LogP contribution is -2.03. The molecule has 0 aliphatic carbocycles. The van der Waals surface area contributed by atoms with E-state index < -0.39 is 0 Å². The second kappa shape index (κ2) is 3.69. The number of hydrogen-bond donors (Lipinski definition) is 1. The molecule has 0 saturated heterocycles. The van der Waals surface area contributed by atoms with E-state index in [4.69, 9.17) is 17.3 Å². The molecule has 2 N–H and O–H groups in total. The monoisotopic (exact) mass is 170 g/mol.